The zero-order valence-corrected chi connectivity index (χ0v) is 15.5. The van der Waals surface area contributed by atoms with Crippen LogP contribution in [0.25, 0.3) is 0 Å². The van der Waals surface area contributed by atoms with Gasteiger partial charge in [-0.2, -0.15) is 0 Å². The van der Waals surface area contributed by atoms with Crippen LogP contribution in [0.3, 0.4) is 0 Å². The van der Waals surface area contributed by atoms with Crippen molar-refractivity contribution < 1.29 is 12.8 Å². The van der Waals surface area contributed by atoms with Gasteiger partial charge in [0.05, 0.1) is 5.75 Å². The quantitative estimate of drug-likeness (QED) is 0.806. The average molecular weight is 377 g/mol. The first kappa shape index (κ1) is 18.9. The molecule has 1 aliphatic rings. The summed E-state index contributed by atoms with van der Waals surface area (Å²) in [7, 11) is -3.53. The molecule has 1 fully saturated rings. The highest BCUT2D eigenvalue weighted by Gasteiger charge is 2.22. The Hall–Kier alpha value is -1.83. The van der Waals surface area contributed by atoms with E-state index in [4.69, 9.17) is 0 Å². The first-order chi connectivity index (χ1) is 12.5. The Morgan fingerprint density at radius 2 is 1.92 bits per heavy atom. The minimum Gasteiger partial charge on any atom is -0.299 e. The van der Waals surface area contributed by atoms with Crippen molar-refractivity contribution in [1.82, 2.24) is 14.6 Å². The Morgan fingerprint density at radius 1 is 1.15 bits per heavy atom. The van der Waals surface area contributed by atoms with E-state index < -0.39 is 15.8 Å². The monoisotopic (exact) mass is 377 g/mol. The van der Waals surface area contributed by atoms with Crippen LogP contribution in [-0.2, 0) is 22.3 Å². The molecule has 1 saturated heterocycles. The summed E-state index contributed by atoms with van der Waals surface area (Å²) >= 11 is 0. The van der Waals surface area contributed by atoms with E-state index in [1.807, 2.05) is 12.3 Å². The van der Waals surface area contributed by atoms with Crippen molar-refractivity contribution in [1.29, 1.82) is 0 Å². The van der Waals surface area contributed by atoms with E-state index >= 15 is 0 Å². The second-order valence-corrected chi connectivity index (χ2v) is 8.59. The molecular weight excluding hydrogens is 353 g/mol. The molecule has 1 aliphatic heterocycles. The van der Waals surface area contributed by atoms with Crippen LogP contribution in [-0.4, -0.2) is 37.9 Å². The molecule has 1 aromatic carbocycles. The van der Waals surface area contributed by atoms with Gasteiger partial charge in [-0.3, -0.25) is 9.88 Å². The molecule has 1 N–H and O–H groups in total. The number of benzene rings is 1. The Balaban J connectivity index is 1.44. The molecule has 0 amide bonds. The maximum atomic E-state index is 13.6. The predicted molar refractivity (Wildman–Crippen MR) is 99.3 cm³/mol. The van der Waals surface area contributed by atoms with Gasteiger partial charge in [-0.15, -0.1) is 0 Å². The highest BCUT2D eigenvalue weighted by molar-refractivity contribution is 7.88. The van der Waals surface area contributed by atoms with Gasteiger partial charge in [0, 0.05) is 31.0 Å². The second kappa shape index (κ2) is 8.70. The maximum Gasteiger partial charge on any atom is 0.215 e. The minimum atomic E-state index is -3.53. The van der Waals surface area contributed by atoms with E-state index in [1.165, 1.54) is 17.7 Å². The summed E-state index contributed by atoms with van der Waals surface area (Å²) in [5, 5.41) is 0. The van der Waals surface area contributed by atoms with Gasteiger partial charge in [0.1, 0.15) is 5.82 Å². The van der Waals surface area contributed by atoms with Gasteiger partial charge in [-0.25, -0.2) is 17.5 Å². The minimum absolute atomic E-state index is 0.200. The summed E-state index contributed by atoms with van der Waals surface area (Å²) < 4.78 is 40.7. The van der Waals surface area contributed by atoms with Crippen molar-refractivity contribution in [3.05, 3.63) is 65.7 Å². The Labute approximate surface area is 154 Å². The third kappa shape index (κ3) is 5.59. The molecule has 26 heavy (non-hydrogen) atoms. The summed E-state index contributed by atoms with van der Waals surface area (Å²) in [6.45, 7) is 3.17. The zero-order chi connectivity index (χ0) is 18.4. The largest absolute Gasteiger partial charge is 0.299 e. The van der Waals surface area contributed by atoms with Crippen LogP contribution >= 0.6 is 0 Å². The number of hydrogen-bond acceptors (Lipinski definition) is 4. The van der Waals surface area contributed by atoms with Crippen molar-refractivity contribution in [2.75, 3.05) is 19.6 Å². The molecule has 3 rings (SSSR count). The van der Waals surface area contributed by atoms with Crippen LogP contribution in [0, 0.1) is 11.7 Å². The third-order valence-electron chi connectivity index (χ3n) is 4.73. The standard InChI is InChI=1S/C19H24FN3O2S/c20-19-6-2-1-5-18(19)15-26(24,25)22-13-16-7-10-23(11-8-16)14-17-4-3-9-21-12-17/h1-6,9,12,16,22H,7-8,10-11,13-15H2. The van der Waals surface area contributed by atoms with Crippen molar-refractivity contribution in [2.24, 2.45) is 5.92 Å². The summed E-state index contributed by atoms with van der Waals surface area (Å²) in [5.41, 5.74) is 1.39. The zero-order valence-electron chi connectivity index (χ0n) is 14.6. The molecule has 0 atom stereocenters. The van der Waals surface area contributed by atoms with Crippen molar-refractivity contribution in [3.8, 4) is 0 Å². The van der Waals surface area contributed by atoms with Crippen LogP contribution < -0.4 is 4.72 Å². The number of likely N-dealkylation sites (tertiary alicyclic amines) is 1. The highest BCUT2D eigenvalue weighted by Crippen LogP contribution is 2.19. The topological polar surface area (TPSA) is 62.3 Å². The molecular formula is C19H24FN3O2S. The third-order valence-corrected chi connectivity index (χ3v) is 6.03. The Kier molecular flexibility index (Phi) is 6.34. The number of piperidine rings is 1. The van der Waals surface area contributed by atoms with Gasteiger partial charge in [-0.1, -0.05) is 24.3 Å². The number of sulfonamides is 1. The van der Waals surface area contributed by atoms with Crippen LogP contribution in [0.15, 0.2) is 48.8 Å². The fourth-order valence-corrected chi connectivity index (χ4v) is 4.45. The summed E-state index contributed by atoms with van der Waals surface area (Å²) in [6, 6.07) is 9.99. The van der Waals surface area contributed by atoms with Gasteiger partial charge in [0.2, 0.25) is 10.0 Å². The van der Waals surface area contributed by atoms with E-state index in [1.54, 1.807) is 18.3 Å². The first-order valence-electron chi connectivity index (χ1n) is 8.84. The maximum absolute atomic E-state index is 13.6. The van der Waals surface area contributed by atoms with E-state index in [2.05, 4.69) is 20.7 Å². The molecule has 0 unspecified atom stereocenters. The molecule has 2 heterocycles. The number of nitrogens with zero attached hydrogens (tertiary/aromatic N) is 2. The average Bonchev–Trinajstić information content (AvgIpc) is 2.64. The highest BCUT2D eigenvalue weighted by atomic mass is 32.2. The number of nitrogens with one attached hydrogen (secondary N) is 1. The van der Waals surface area contributed by atoms with Crippen molar-refractivity contribution in [3.63, 3.8) is 0 Å². The molecule has 2 aromatic rings. The van der Waals surface area contributed by atoms with E-state index in [0.717, 1.165) is 32.5 Å². The summed E-state index contributed by atoms with van der Waals surface area (Å²) in [6.07, 6.45) is 5.54. The SMILES string of the molecule is O=S(=O)(Cc1ccccc1F)NCC1CCN(Cc2cccnc2)CC1. The molecule has 7 heteroatoms. The van der Waals surface area contributed by atoms with E-state index in [9.17, 15) is 12.8 Å². The van der Waals surface area contributed by atoms with Gasteiger partial charge in [0.15, 0.2) is 0 Å². The normalized spacial score (nSPS) is 16.7. The number of aromatic nitrogens is 1. The smallest absolute Gasteiger partial charge is 0.215 e. The first-order valence-corrected chi connectivity index (χ1v) is 10.5. The number of hydrogen-bond donors (Lipinski definition) is 1. The van der Waals surface area contributed by atoms with Gasteiger partial charge >= 0.3 is 0 Å². The molecule has 0 bridgehead atoms. The number of rotatable bonds is 7. The fraction of sp³-hybridized carbons (Fsp3) is 0.421. The van der Waals surface area contributed by atoms with Crippen molar-refractivity contribution >= 4 is 10.0 Å². The predicted octanol–water partition coefficient (Wildman–Crippen LogP) is 2.55. The Morgan fingerprint density at radius 3 is 2.62 bits per heavy atom. The summed E-state index contributed by atoms with van der Waals surface area (Å²) in [4.78, 5) is 6.49. The summed E-state index contributed by atoms with van der Waals surface area (Å²) in [5.74, 6) is -0.489. The van der Waals surface area contributed by atoms with E-state index in [0.29, 0.717) is 12.5 Å². The number of halogens is 1. The van der Waals surface area contributed by atoms with Crippen LogP contribution in [0.5, 0.6) is 0 Å². The molecule has 0 aliphatic carbocycles. The fourth-order valence-electron chi connectivity index (χ4n) is 3.21. The lowest BCUT2D eigenvalue weighted by molar-refractivity contribution is 0.178. The molecule has 140 valence electrons. The van der Waals surface area contributed by atoms with E-state index in [-0.39, 0.29) is 11.3 Å². The Bertz CT molecular complexity index is 807. The van der Waals surface area contributed by atoms with Crippen LogP contribution in [0.2, 0.25) is 0 Å². The molecule has 0 spiro atoms. The molecule has 5 nitrogen and oxygen atoms in total. The lowest BCUT2D eigenvalue weighted by Crippen LogP contribution is -2.38. The molecule has 0 saturated carbocycles. The van der Waals surface area contributed by atoms with Crippen LogP contribution in [0.4, 0.5) is 4.39 Å². The van der Waals surface area contributed by atoms with Crippen LogP contribution in [0.1, 0.15) is 24.0 Å². The second-order valence-electron chi connectivity index (χ2n) is 6.78. The lowest BCUT2D eigenvalue weighted by atomic mass is 9.97. The number of pyridine rings is 1. The molecule has 0 radical (unpaired) electrons. The lowest BCUT2D eigenvalue weighted by Gasteiger charge is -2.31. The molecule has 1 aromatic heterocycles. The van der Waals surface area contributed by atoms with Gasteiger partial charge in [-0.05, 0) is 49.5 Å². The van der Waals surface area contributed by atoms with Gasteiger partial charge < -0.3 is 0 Å². The van der Waals surface area contributed by atoms with Gasteiger partial charge in [0.25, 0.3) is 0 Å². The van der Waals surface area contributed by atoms with Crippen molar-refractivity contribution in [2.45, 2.75) is 25.1 Å².